The molecule has 3 rings (SSSR count). The van der Waals surface area contributed by atoms with Crippen LogP contribution in [0.3, 0.4) is 0 Å². The fourth-order valence-corrected chi connectivity index (χ4v) is 4.09. The monoisotopic (exact) mass is 250 g/mol. The molecule has 6 atom stereocenters. The first kappa shape index (κ1) is 12.4. The van der Waals surface area contributed by atoms with E-state index in [4.69, 9.17) is 9.47 Å². The van der Waals surface area contributed by atoms with Crippen LogP contribution in [0.1, 0.15) is 53.4 Å². The Labute approximate surface area is 111 Å². The molecular formula is C16H26O2. The van der Waals surface area contributed by atoms with E-state index in [1.165, 1.54) is 31.3 Å². The van der Waals surface area contributed by atoms with Crippen molar-refractivity contribution in [3.05, 3.63) is 11.5 Å². The van der Waals surface area contributed by atoms with Crippen LogP contribution >= 0.6 is 0 Å². The fraction of sp³-hybridized carbons (Fsp3) is 0.875. The molecule has 2 nitrogen and oxygen atoms in total. The lowest BCUT2D eigenvalue weighted by Crippen LogP contribution is -2.39. The zero-order valence-electron chi connectivity index (χ0n) is 12.1. The Morgan fingerprint density at radius 3 is 2.33 bits per heavy atom. The zero-order chi connectivity index (χ0) is 12.9. The summed E-state index contributed by atoms with van der Waals surface area (Å²) in [4.78, 5) is 0. The molecule has 0 aromatic heterocycles. The van der Waals surface area contributed by atoms with Crippen molar-refractivity contribution in [3.63, 3.8) is 0 Å². The second kappa shape index (κ2) is 4.47. The average molecular weight is 250 g/mol. The summed E-state index contributed by atoms with van der Waals surface area (Å²) in [5.74, 6) is 3.75. The highest BCUT2D eigenvalue weighted by molar-refractivity contribution is 5.21. The molecule has 0 bridgehead atoms. The SMILES string of the molecule is CC1CCC2C3=C(O1)O[C@H](C)[C@H](C)C3CC[C@H]2C. The summed E-state index contributed by atoms with van der Waals surface area (Å²) in [6.45, 7) is 9.13. The third-order valence-corrected chi connectivity index (χ3v) is 5.52. The molecule has 0 radical (unpaired) electrons. The van der Waals surface area contributed by atoms with E-state index in [2.05, 4.69) is 27.7 Å². The number of hydrogen-bond donors (Lipinski definition) is 0. The van der Waals surface area contributed by atoms with Gasteiger partial charge in [0.2, 0.25) is 0 Å². The van der Waals surface area contributed by atoms with Gasteiger partial charge in [0.05, 0.1) is 6.10 Å². The third-order valence-electron chi connectivity index (χ3n) is 5.52. The second-order valence-corrected chi connectivity index (χ2v) is 6.70. The number of allylic oxidation sites excluding steroid dienone is 1. The maximum Gasteiger partial charge on any atom is 0.279 e. The molecule has 18 heavy (non-hydrogen) atoms. The maximum atomic E-state index is 6.10. The average Bonchev–Trinajstić information content (AvgIpc) is 2.49. The highest BCUT2D eigenvalue weighted by atomic mass is 16.7. The third kappa shape index (κ3) is 1.85. The molecular weight excluding hydrogens is 224 g/mol. The van der Waals surface area contributed by atoms with Crippen molar-refractivity contribution in [3.8, 4) is 0 Å². The zero-order valence-corrected chi connectivity index (χ0v) is 12.1. The Morgan fingerprint density at radius 2 is 1.56 bits per heavy atom. The predicted molar refractivity (Wildman–Crippen MR) is 71.9 cm³/mol. The van der Waals surface area contributed by atoms with E-state index >= 15 is 0 Å². The molecule has 2 heteroatoms. The van der Waals surface area contributed by atoms with Crippen LogP contribution in [0.25, 0.3) is 0 Å². The van der Waals surface area contributed by atoms with Gasteiger partial charge in [-0.25, -0.2) is 0 Å². The molecule has 0 aromatic carbocycles. The molecule has 2 aliphatic heterocycles. The number of hydrogen-bond acceptors (Lipinski definition) is 2. The molecule has 0 saturated heterocycles. The van der Waals surface area contributed by atoms with Gasteiger partial charge in [-0.1, -0.05) is 13.8 Å². The van der Waals surface area contributed by atoms with Gasteiger partial charge in [-0.15, -0.1) is 0 Å². The highest BCUT2D eigenvalue weighted by Gasteiger charge is 2.45. The van der Waals surface area contributed by atoms with Gasteiger partial charge in [0.1, 0.15) is 6.10 Å². The standard InChI is InChI=1S/C16H26O2/c1-9-5-7-14-11(3)12(4)18-16-15(14)13(9)8-6-10(2)17-16/h9-14H,5-8H2,1-4H3/t9-,10?,11+,12-,13?,14?/m1/s1. The summed E-state index contributed by atoms with van der Waals surface area (Å²) in [7, 11) is 0. The number of rotatable bonds is 0. The minimum atomic E-state index is 0.299. The molecule has 0 aromatic rings. The van der Waals surface area contributed by atoms with Crippen molar-refractivity contribution in [1.82, 2.24) is 0 Å². The Kier molecular flexibility index (Phi) is 3.07. The van der Waals surface area contributed by atoms with Crippen LogP contribution in [-0.4, -0.2) is 12.2 Å². The molecule has 1 saturated carbocycles. The first-order valence-corrected chi connectivity index (χ1v) is 7.65. The van der Waals surface area contributed by atoms with E-state index in [9.17, 15) is 0 Å². The topological polar surface area (TPSA) is 18.5 Å². The van der Waals surface area contributed by atoms with Gasteiger partial charge in [-0.3, -0.25) is 0 Å². The summed E-state index contributed by atoms with van der Waals surface area (Å²) in [6.07, 6.45) is 5.75. The Hall–Kier alpha value is -0.660. The minimum Gasteiger partial charge on any atom is -0.462 e. The van der Waals surface area contributed by atoms with E-state index in [1.807, 2.05) is 0 Å². The van der Waals surface area contributed by atoms with E-state index in [0.717, 1.165) is 11.9 Å². The highest BCUT2D eigenvalue weighted by Crippen LogP contribution is 2.50. The summed E-state index contributed by atoms with van der Waals surface area (Å²) in [6, 6.07) is 0. The van der Waals surface area contributed by atoms with Gasteiger partial charge in [-0.2, -0.15) is 0 Å². The molecule has 0 N–H and O–H groups in total. The van der Waals surface area contributed by atoms with Crippen LogP contribution in [-0.2, 0) is 9.47 Å². The Balaban J connectivity index is 2.01. The maximum absolute atomic E-state index is 6.10. The lowest BCUT2D eigenvalue weighted by atomic mass is 9.64. The fourth-order valence-electron chi connectivity index (χ4n) is 4.09. The van der Waals surface area contributed by atoms with Gasteiger partial charge < -0.3 is 9.47 Å². The lowest BCUT2D eigenvalue weighted by molar-refractivity contribution is -0.0746. The smallest absolute Gasteiger partial charge is 0.279 e. The summed E-state index contributed by atoms with van der Waals surface area (Å²) >= 11 is 0. The van der Waals surface area contributed by atoms with Gasteiger partial charge >= 0.3 is 0 Å². The van der Waals surface area contributed by atoms with E-state index in [0.29, 0.717) is 30.0 Å². The predicted octanol–water partition coefficient (Wildman–Crippen LogP) is 4.11. The van der Waals surface area contributed by atoms with Crippen molar-refractivity contribution >= 4 is 0 Å². The van der Waals surface area contributed by atoms with Crippen molar-refractivity contribution in [2.45, 2.75) is 65.6 Å². The summed E-state index contributed by atoms with van der Waals surface area (Å²) in [5.41, 5.74) is 1.53. The molecule has 1 aliphatic carbocycles. The van der Waals surface area contributed by atoms with E-state index in [-0.39, 0.29) is 0 Å². The van der Waals surface area contributed by atoms with Gasteiger partial charge in [0.15, 0.2) is 0 Å². The normalized spacial score (nSPS) is 47.8. The Morgan fingerprint density at radius 1 is 0.833 bits per heavy atom. The van der Waals surface area contributed by atoms with Crippen LogP contribution < -0.4 is 0 Å². The number of ether oxygens (including phenoxy) is 2. The van der Waals surface area contributed by atoms with Gasteiger partial charge in [-0.05, 0) is 63.2 Å². The summed E-state index contributed by atoms with van der Waals surface area (Å²) < 4.78 is 12.2. The molecule has 3 aliphatic rings. The van der Waals surface area contributed by atoms with E-state index < -0.39 is 0 Å². The molecule has 0 amide bonds. The minimum absolute atomic E-state index is 0.299. The van der Waals surface area contributed by atoms with Crippen molar-refractivity contribution in [1.29, 1.82) is 0 Å². The lowest BCUT2D eigenvalue weighted by Gasteiger charge is -2.44. The first-order chi connectivity index (χ1) is 8.58. The van der Waals surface area contributed by atoms with Crippen LogP contribution in [0.5, 0.6) is 0 Å². The Bertz CT molecular complexity index is 356. The summed E-state index contributed by atoms with van der Waals surface area (Å²) in [5, 5.41) is 0. The molecule has 102 valence electrons. The van der Waals surface area contributed by atoms with Gasteiger partial charge in [0.25, 0.3) is 5.95 Å². The van der Waals surface area contributed by atoms with Crippen molar-refractivity contribution in [2.24, 2.45) is 23.7 Å². The van der Waals surface area contributed by atoms with Crippen molar-refractivity contribution in [2.75, 3.05) is 0 Å². The first-order valence-electron chi connectivity index (χ1n) is 7.65. The van der Waals surface area contributed by atoms with E-state index in [1.54, 1.807) is 0 Å². The van der Waals surface area contributed by atoms with Crippen LogP contribution in [0.15, 0.2) is 11.5 Å². The second-order valence-electron chi connectivity index (χ2n) is 6.70. The molecule has 3 unspecified atom stereocenters. The molecule has 0 spiro atoms. The molecule has 1 fully saturated rings. The van der Waals surface area contributed by atoms with Crippen LogP contribution in [0.4, 0.5) is 0 Å². The van der Waals surface area contributed by atoms with Crippen LogP contribution in [0.2, 0.25) is 0 Å². The van der Waals surface area contributed by atoms with Crippen LogP contribution in [0, 0.1) is 23.7 Å². The molecule has 2 heterocycles. The largest absolute Gasteiger partial charge is 0.462 e. The van der Waals surface area contributed by atoms with Gasteiger partial charge in [0, 0.05) is 5.57 Å². The van der Waals surface area contributed by atoms with Crippen molar-refractivity contribution < 1.29 is 9.47 Å². The quantitative estimate of drug-likeness (QED) is 0.644.